The number of carbonyl (C=O) groups is 2. The molecule has 1 saturated heterocycles. The average molecular weight is 556 g/mol. The van der Waals surface area contributed by atoms with E-state index in [2.05, 4.69) is 20.6 Å². The van der Waals surface area contributed by atoms with Crippen molar-refractivity contribution in [1.29, 1.82) is 0 Å². The van der Waals surface area contributed by atoms with Crippen molar-refractivity contribution in [2.45, 2.75) is 24.7 Å². The van der Waals surface area contributed by atoms with E-state index in [1.807, 2.05) is 30.3 Å². The molecule has 2 aromatic carbocycles. The van der Waals surface area contributed by atoms with Gasteiger partial charge in [-0.3, -0.25) is 14.3 Å². The monoisotopic (exact) mass is 555 g/mol. The van der Waals surface area contributed by atoms with Crippen molar-refractivity contribution < 1.29 is 14.0 Å². The van der Waals surface area contributed by atoms with E-state index < -0.39 is 18.2 Å². The summed E-state index contributed by atoms with van der Waals surface area (Å²) in [4.78, 5) is 31.8. The van der Waals surface area contributed by atoms with Crippen LogP contribution >= 0.6 is 11.3 Å². The third-order valence-electron chi connectivity index (χ3n) is 7.19. The van der Waals surface area contributed by atoms with Crippen LogP contribution in [0.5, 0.6) is 0 Å². The number of pyridine rings is 1. The highest BCUT2D eigenvalue weighted by Crippen LogP contribution is 2.41. The lowest BCUT2D eigenvalue weighted by molar-refractivity contribution is 0.0872. The molecule has 3 aromatic heterocycles. The van der Waals surface area contributed by atoms with E-state index in [0.29, 0.717) is 35.6 Å². The number of hydrogen-bond acceptors (Lipinski definition) is 7. The van der Waals surface area contributed by atoms with Gasteiger partial charge in [0.25, 0.3) is 5.91 Å². The number of anilines is 1. The first-order chi connectivity index (χ1) is 19.4. The van der Waals surface area contributed by atoms with E-state index in [-0.39, 0.29) is 11.8 Å². The first kappa shape index (κ1) is 25.6. The molecule has 0 aliphatic carbocycles. The topological polar surface area (TPSA) is 119 Å². The number of amides is 2. The zero-order chi connectivity index (χ0) is 27.8. The van der Waals surface area contributed by atoms with Crippen LogP contribution in [0.1, 0.15) is 38.7 Å². The van der Waals surface area contributed by atoms with Crippen molar-refractivity contribution in [2.24, 2.45) is 12.8 Å². The molecule has 2 amide bonds. The summed E-state index contributed by atoms with van der Waals surface area (Å²) in [5.74, 6) is -0.694. The zero-order valence-corrected chi connectivity index (χ0v) is 22.4. The number of aryl methyl sites for hydroxylation is 1. The van der Waals surface area contributed by atoms with Gasteiger partial charge in [0.05, 0.1) is 11.7 Å². The molecule has 1 aliphatic heterocycles. The molecule has 4 heterocycles. The Kier molecular flexibility index (Phi) is 6.72. The average Bonchev–Trinajstić information content (AvgIpc) is 3.61. The molecule has 202 valence electrons. The lowest BCUT2D eigenvalue weighted by atomic mass is 9.87. The van der Waals surface area contributed by atoms with Crippen LogP contribution in [0.15, 0.2) is 79.1 Å². The number of carbonyl (C=O) groups excluding carboxylic acids is 2. The molecular weight excluding hydrogens is 529 g/mol. The van der Waals surface area contributed by atoms with Crippen molar-refractivity contribution in [3.63, 3.8) is 0 Å². The van der Waals surface area contributed by atoms with Gasteiger partial charge >= 0.3 is 0 Å². The fourth-order valence-corrected chi connectivity index (χ4v) is 6.23. The van der Waals surface area contributed by atoms with Gasteiger partial charge in [-0.1, -0.05) is 35.5 Å². The third kappa shape index (κ3) is 4.79. The maximum absolute atomic E-state index is 16.6. The Hall–Kier alpha value is -4.64. The summed E-state index contributed by atoms with van der Waals surface area (Å²) in [6.07, 6.45) is 2.42. The molecule has 0 bridgehead atoms. The van der Waals surface area contributed by atoms with E-state index in [0.717, 1.165) is 20.5 Å². The Morgan fingerprint density at radius 2 is 1.85 bits per heavy atom. The Balaban J connectivity index is 1.34. The van der Waals surface area contributed by atoms with Crippen LogP contribution in [0.25, 0.3) is 20.5 Å². The number of halogens is 1. The van der Waals surface area contributed by atoms with Crippen molar-refractivity contribution in [2.75, 3.05) is 11.4 Å². The number of primary amides is 1. The molecular formula is C29H26FN7O2S. The zero-order valence-electron chi connectivity index (χ0n) is 21.6. The molecule has 1 fully saturated rings. The quantitative estimate of drug-likeness (QED) is 0.302. The fourth-order valence-electron chi connectivity index (χ4n) is 5.17. The van der Waals surface area contributed by atoms with Gasteiger partial charge in [0.1, 0.15) is 5.82 Å². The van der Waals surface area contributed by atoms with Gasteiger partial charge in [0, 0.05) is 58.0 Å². The smallest absolute Gasteiger partial charge is 0.251 e. The normalized spacial score (nSPS) is 19.1. The summed E-state index contributed by atoms with van der Waals surface area (Å²) in [6.45, 7) is 0.380. The lowest BCUT2D eigenvalue weighted by Gasteiger charge is -2.41. The molecule has 5 aromatic rings. The largest absolute Gasteiger partial charge is 0.366 e. The number of nitrogens with zero attached hydrogens (tertiary/aromatic N) is 5. The first-order valence-electron chi connectivity index (χ1n) is 12.8. The number of benzene rings is 2. The predicted octanol–water partition coefficient (Wildman–Crippen LogP) is 4.28. The minimum absolute atomic E-state index is 0.354. The van der Waals surface area contributed by atoms with Gasteiger partial charge in [0.15, 0.2) is 6.30 Å². The summed E-state index contributed by atoms with van der Waals surface area (Å²) in [5, 5.41) is 12.0. The predicted molar refractivity (Wildman–Crippen MR) is 152 cm³/mol. The Morgan fingerprint density at radius 3 is 2.55 bits per heavy atom. The minimum Gasteiger partial charge on any atom is -0.366 e. The number of nitrogens with two attached hydrogens (primary N) is 1. The van der Waals surface area contributed by atoms with Gasteiger partial charge < -0.3 is 16.0 Å². The van der Waals surface area contributed by atoms with Crippen LogP contribution in [0, 0.1) is 0 Å². The Labute approximate surface area is 233 Å². The van der Waals surface area contributed by atoms with E-state index in [4.69, 9.17) is 5.73 Å². The number of nitrogens with one attached hydrogen (secondary N) is 1. The van der Waals surface area contributed by atoms with Gasteiger partial charge in [-0.25, -0.2) is 9.37 Å². The van der Waals surface area contributed by atoms with E-state index in [1.54, 1.807) is 76.8 Å². The van der Waals surface area contributed by atoms with Crippen molar-refractivity contribution in [3.05, 3.63) is 95.9 Å². The summed E-state index contributed by atoms with van der Waals surface area (Å²) < 4.78 is 19.1. The van der Waals surface area contributed by atoms with Gasteiger partial charge in [-0.05, 0) is 48.4 Å². The summed E-state index contributed by atoms with van der Waals surface area (Å²) in [5.41, 5.74) is 7.82. The molecule has 2 unspecified atom stereocenters. The van der Waals surface area contributed by atoms with E-state index >= 15 is 4.39 Å². The van der Waals surface area contributed by atoms with Crippen LogP contribution in [0.3, 0.4) is 0 Å². The second kappa shape index (κ2) is 10.5. The van der Waals surface area contributed by atoms with Crippen LogP contribution in [0.4, 0.5) is 10.2 Å². The van der Waals surface area contributed by atoms with Gasteiger partial charge in [0.2, 0.25) is 5.91 Å². The molecule has 1 aliphatic rings. The van der Waals surface area contributed by atoms with Crippen molar-refractivity contribution in [1.82, 2.24) is 25.3 Å². The summed E-state index contributed by atoms with van der Waals surface area (Å²) >= 11 is 1.56. The molecule has 9 nitrogen and oxygen atoms in total. The van der Waals surface area contributed by atoms with Crippen LogP contribution in [-0.2, 0) is 7.05 Å². The Bertz CT molecular complexity index is 1690. The van der Waals surface area contributed by atoms with E-state index in [9.17, 15) is 9.59 Å². The van der Waals surface area contributed by atoms with Crippen molar-refractivity contribution >= 4 is 39.1 Å². The number of aromatic nitrogens is 4. The van der Waals surface area contributed by atoms with Crippen LogP contribution in [-0.4, -0.2) is 50.7 Å². The van der Waals surface area contributed by atoms with Crippen LogP contribution in [0.2, 0.25) is 0 Å². The lowest BCUT2D eigenvalue weighted by Crippen LogP contribution is -2.57. The summed E-state index contributed by atoms with van der Waals surface area (Å²) in [6, 6.07) is 18.9. The molecule has 0 saturated carbocycles. The molecule has 3 N–H and O–H groups in total. The third-order valence-corrected chi connectivity index (χ3v) is 8.34. The van der Waals surface area contributed by atoms with Crippen LogP contribution < -0.4 is 16.0 Å². The molecule has 3 atom stereocenters. The second-order valence-electron chi connectivity index (χ2n) is 9.74. The molecule has 0 radical (unpaired) electrons. The maximum atomic E-state index is 16.6. The minimum atomic E-state index is -1.57. The molecule has 40 heavy (non-hydrogen) atoms. The van der Waals surface area contributed by atoms with Gasteiger partial charge in [-0.15, -0.1) is 16.4 Å². The summed E-state index contributed by atoms with van der Waals surface area (Å²) in [7, 11) is 1.76. The highest BCUT2D eigenvalue weighted by molar-refractivity contribution is 7.22. The number of rotatable bonds is 6. The standard InChI is InChI=1S/C29H26FN7O2S/c1-36-16-22(34-35-36)20-12-14-37(26(30)25(20)33-29(39)19-5-3-2-4-6-19)28-21-15-24(40-23(21)11-13-32-28)17-7-9-18(10-8-17)27(31)38/h2-11,13,15-16,20,25-26H,12,14H2,1H3,(H2,31,38)(H,33,39)/t20?,25-,26?/m1/s1. The SMILES string of the molecule is Cn1cc(C2CCN(c3nccc4sc(-c5ccc(C(N)=O)cc5)cc34)C(F)[C@@H]2NC(=O)c2ccccc2)nn1. The number of piperidine rings is 1. The molecule has 11 heteroatoms. The number of alkyl halides is 1. The number of fused-ring (bicyclic) bond motifs is 1. The highest BCUT2D eigenvalue weighted by atomic mass is 32.1. The molecule has 0 spiro atoms. The van der Waals surface area contributed by atoms with E-state index in [1.165, 1.54) is 0 Å². The maximum Gasteiger partial charge on any atom is 0.251 e. The second-order valence-corrected chi connectivity index (χ2v) is 10.8. The van der Waals surface area contributed by atoms with Crippen molar-refractivity contribution in [3.8, 4) is 10.4 Å². The Morgan fingerprint density at radius 1 is 1.07 bits per heavy atom. The highest BCUT2D eigenvalue weighted by Gasteiger charge is 2.42. The molecule has 6 rings (SSSR count). The number of thiophene rings is 1. The number of hydrogen-bond donors (Lipinski definition) is 2. The van der Waals surface area contributed by atoms with Gasteiger partial charge in [-0.2, -0.15) is 0 Å². The first-order valence-corrected chi connectivity index (χ1v) is 13.6. The fraction of sp³-hybridized carbons (Fsp3) is 0.207.